The van der Waals surface area contributed by atoms with Crippen molar-refractivity contribution in [2.45, 2.75) is 64.0 Å². The average molecular weight is 445 g/mol. The molecule has 2 aliphatic carbocycles. The van der Waals surface area contributed by atoms with Crippen LogP contribution in [0.1, 0.15) is 55.8 Å². The summed E-state index contributed by atoms with van der Waals surface area (Å²) in [6.07, 6.45) is 11.6. The molecule has 33 heavy (non-hydrogen) atoms. The van der Waals surface area contributed by atoms with Gasteiger partial charge in [0.2, 0.25) is 0 Å². The predicted octanol–water partition coefficient (Wildman–Crippen LogP) is 5.08. The third kappa shape index (κ3) is 3.28. The lowest BCUT2D eigenvalue weighted by Gasteiger charge is -2.40. The van der Waals surface area contributed by atoms with Gasteiger partial charge in [-0.2, -0.15) is 10.2 Å². The molecule has 1 aliphatic heterocycles. The van der Waals surface area contributed by atoms with Crippen LogP contribution >= 0.6 is 0 Å². The molecule has 3 fully saturated rings. The second kappa shape index (κ2) is 6.86. The van der Waals surface area contributed by atoms with Crippen LogP contribution in [0.25, 0.3) is 27.8 Å². The van der Waals surface area contributed by atoms with Crippen LogP contribution < -0.4 is 0 Å². The number of nitrogens with zero attached hydrogens (tertiary/aromatic N) is 6. The van der Waals surface area contributed by atoms with Crippen LogP contribution in [-0.4, -0.2) is 47.9 Å². The maximum Gasteiger partial charge on any atom is 0.156 e. The van der Waals surface area contributed by atoms with E-state index in [4.69, 9.17) is 10.2 Å². The van der Waals surface area contributed by atoms with E-state index in [0.717, 1.165) is 58.9 Å². The minimum atomic E-state index is -0.282. The molecule has 1 spiro atoms. The van der Waals surface area contributed by atoms with Crippen molar-refractivity contribution in [2.24, 2.45) is 5.92 Å². The van der Waals surface area contributed by atoms with E-state index in [2.05, 4.69) is 9.88 Å². The SMILES string of the molecule is Cc1cn2nc(-c3cc(F)c4nn([C@@H]5CCN(CC6CC6)C6(CC6)C5)cc4c3)cc(C)c2n1. The Morgan fingerprint density at radius 2 is 1.91 bits per heavy atom. The molecule has 4 aromatic rings. The Hall–Kier alpha value is -2.80. The smallest absolute Gasteiger partial charge is 0.156 e. The lowest BCUT2D eigenvalue weighted by atomic mass is 9.94. The summed E-state index contributed by atoms with van der Waals surface area (Å²) in [7, 11) is 0. The second-order valence-electron chi connectivity index (χ2n) is 10.6. The van der Waals surface area contributed by atoms with Crippen LogP contribution in [-0.2, 0) is 0 Å². The van der Waals surface area contributed by atoms with Gasteiger partial charge in [-0.05, 0) is 82.1 Å². The summed E-state index contributed by atoms with van der Waals surface area (Å²) in [6, 6.07) is 5.93. The van der Waals surface area contributed by atoms with Crippen molar-refractivity contribution in [3.63, 3.8) is 0 Å². The number of rotatable bonds is 4. The van der Waals surface area contributed by atoms with Gasteiger partial charge < -0.3 is 0 Å². The van der Waals surface area contributed by atoms with Crippen molar-refractivity contribution in [1.29, 1.82) is 0 Å². The number of benzene rings is 1. The van der Waals surface area contributed by atoms with Gasteiger partial charge >= 0.3 is 0 Å². The highest BCUT2D eigenvalue weighted by atomic mass is 19.1. The molecule has 0 N–H and O–H groups in total. The summed E-state index contributed by atoms with van der Waals surface area (Å²) in [6.45, 7) is 6.39. The molecule has 1 saturated heterocycles. The molecule has 4 heterocycles. The largest absolute Gasteiger partial charge is 0.297 e. The fourth-order valence-electron chi connectivity index (χ4n) is 5.83. The van der Waals surface area contributed by atoms with Crippen molar-refractivity contribution < 1.29 is 4.39 Å². The number of aryl methyl sites for hydroxylation is 2. The van der Waals surface area contributed by atoms with E-state index >= 15 is 4.39 Å². The first kappa shape index (κ1) is 19.6. The van der Waals surface area contributed by atoms with E-state index in [1.807, 2.05) is 43.1 Å². The quantitative estimate of drug-likeness (QED) is 0.440. The fourth-order valence-corrected chi connectivity index (χ4v) is 5.83. The van der Waals surface area contributed by atoms with Gasteiger partial charge in [0.05, 0.1) is 23.6 Å². The first-order chi connectivity index (χ1) is 16.0. The molecule has 0 radical (unpaired) electrons. The minimum absolute atomic E-state index is 0.282. The number of hydrogen-bond acceptors (Lipinski definition) is 4. The molecule has 2 saturated carbocycles. The normalized spacial score (nSPS) is 22.6. The molecule has 3 aliphatic rings. The van der Waals surface area contributed by atoms with Crippen molar-refractivity contribution in [3.8, 4) is 11.3 Å². The number of piperidine rings is 1. The van der Waals surface area contributed by atoms with E-state index in [9.17, 15) is 0 Å². The topological polar surface area (TPSA) is 51.3 Å². The first-order valence-electron chi connectivity index (χ1n) is 12.2. The molecule has 0 amide bonds. The lowest BCUT2D eigenvalue weighted by molar-refractivity contribution is 0.0882. The Morgan fingerprint density at radius 3 is 2.70 bits per heavy atom. The number of hydrogen-bond donors (Lipinski definition) is 0. The molecular formula is C26H29FN6. The zero-order valence-corrected chi connectivity index (χ0v) is 19.3. The highest BCUT2D eigenvalue weighted by molar-refractivity contribution is 5.84. The Morgan fingerprint density at radius 1 is 1.06 bits per heavy atom. The summed E-state index contributed by atoms with van der Waals surface area (Å²) in [5, 5.41) is 10.3. The molecule has 1 atom stereocenters. The predicted molar refractivity (Wildman–Crippen MR) is 126 cm³/mol. The molecule has 170 valence electrons. The zero-order valence-electron chi connectivity index (χ0n) is 19.3. The second-order valence-corrected chi connectivity index (χ2v) is 10.6. The summed E-state index contributed by atoms with van der Waals surface area (Å²) in [4.78, 5) is 7.28. The molecule has 1 aromatic carbocycles. The third-order valence-electron chi connectivity index (χ3n) is 8.00. The number of fused-ring (bicyclic) bond motifs is 2. The van der Waals surface area contributed by atoms with Crippen molar-refractivity contribution in [3.05, 3.63) is 47.7 Å². The Kier molecular flexibility index (Phi) is 4.08. The Bertz CT molecular complexity index is 1390. The molecule has 0 unspecified atom stereocenters. The van der Waals surface area contributed by atoms with E-state index in [0.29, 0.717) is 17.1 Å². The highest BCUT2D eigenvalue weighted by Gasteiger charge is 2.52. The van der Waals surface area contributed by atoms with Gasteiger partial charge in [0.15, 0.2) is 11.5 Å². The van der Waals surface area contributed by atoms with Gasteiger partial charge in [0.1, 0.15) is 5.52 Å². The number of halogens is 1. The van der Waals surface area contributed by atoms with Gasteiger partial charge in [0, 0.05) is 35.8 Å². The Balaban J connectivity index is 1.21. The first-order valence-corrected chi connectivity index (χ1v) is 12.2. The van der Waals surface area contributed by atoms with E-state index in [-0.39, 0.29) is 5.82 Å². The monoisotopic (exact) mass is 444 g/mol. The van der Waals surface area contributed by atoms with Crippen LogP contribution in [0, 0.1) is 25.6 Å². The van der Waals surface area contributed by atoms with Crippen LogP contribution in [0.15, 0.2) is 30.6 Å². The molecule has 6 nitrogen and oxygen atoms in total. The van der Waals surface area contributed by atoms with Crippen LogP contribution in [0.2, 0.25) is 0 Å². The minimum Gasteiger partial charge on any atom is -0.297 e. The zero-order chi connectivity index (χ0) is 22.3. The van der Waals surface area contributed by atoms with Crippen LogP contribution in [0.3, 0.4) is 0 Å². The number of imidazole rings is 1. The fraction of sp³-hybridized carbons (Fsp3) is 0.500. The standard InChI is InChI=1S/C26H29FN6/c1-16-9-23(29-33-13-17(2)28-25(16)33)19-10-20-15-32(30-24(20)22(27)11-19)21-5-8-31(14-18-3-4-18)26(12-21)6-7-26/h9-11,13,15,18,21H,3-8,12,14H2,1-2H3/t21-/m1/s1. The summed E-state index contributed by atoms with van der Waals surface area (Å²) in [5.41, 5.74) is 5.14. The maximum atomic E-state index is 15.2. The molecule has 3 aromatic heterocycles. The van der Waals surface area contributed by atoms with Gasteiger partial charge in [-0.25, -0.2) is 13.9 Å². The van der Waals surface area contributed by atoms with Gasteiger partial charge in [-0.3, -0.25) is 9.58 Å². The molecule has 0 bridgehead atoms. The summed E-state index contributed by atoms with van der Waals surface area (Å²) >= 11 is 0. The van der Waals surface area contributed by atoms with Crippen molar-refractivity contribution in [2.75, 3.05) is 13.1 Å². The molecule has 7 rings (SSSR count). The summed E-state index contributed by atoms with van der Waals surface area (Å²) < 4.78 is 19.0. The number of likely N-dealkylation sites (tertiary alicyclic amines) is 1. The van der Waals surface area contributed by atoms with E-state index < -0.39 is 0 Å². The third-order valence-corrected chi connectivity index (χ3v) is 8.00. The lowest BCUT2D eigenvalue weighted by Crippen LogP contribution is -2.46. The Labute approximate surface area is 192 Å². The van der Waals surface area contributed by atoms with Gasteiger partial charge in [-0.15, -0.1) is 0 Å². The van der Waals surface area contributed by atoms with Crippen molar-refractivity contribution >= 4 is 16.6 Å². The van der Waals surface area contributed by atoms with Crippen LogP contribution in [0.4, 0.5) is 4.39 Å². The van der Waals surface area contributed by atoms with Gasteiger partial charge in [-0.1, -0.05) is 0 Å². The molecule has 7 heteroatoms. The molecular weight excluding hydrogens is 415 g/mol. The van der Waals surface area contributed by atoms with Gasteiger partial charge in [0.25, 0.3) is 0 Å². The highest BCUT2D eigenvalue weighted by Crippen LogP contribution is 2.52. The van der Waals surface area contributed by atoms with Crippen molar-refractivity contribution in [1.82, 2.24) is 29.3 Å². The van der Waals surface area contributed by atoms with E-state index in [1.54, 1.807) is 10.6 Å². The van der Waals surface area contributed by atoms with E-state index in [1.165, 1.54) is 32.2 Å². The van der Waals surface area contributed by atoms with Crippen LogP contribution in [0.5, 0.6) is 0 Å². The number of aromatic nitrogens is 5. The average Bonchev–Trinajstić information content (AvgIpc) is 3.67. The maximum absolute atomic E-state index is 15.2. The summed E-state index contributed by atoms with van der Waals surface area (Å²) in [5.74, 6) is 0.649.